The smallest absolute Gasteiger partial charge is 0.252 e. The Kier molecular flexibility index (Phi) is 7.49. The van der Waals surface area contributed by atoms with Crippen LogP contribution in [-0.4, -0.2) is 23.7 Å². The summed E-state index contributed by atoms with van der Waals surface area (Å²) < 4.78 is 13.4. The third-order valence-electron chi connectivity index (χ3n) is 3.15. The molecular weight excluding hydrogens is 269 g/mol. The molecule has 0 bridgehead atoms. The second-order valence-corrected chi connectivity index (χ2v) is 4.83. The van der Waals surface area contributed by atoms with Crippen LogP contribution in [0.1, 0.15) is 55.5 Å². The van der Waals surface area contributed by atoms with E-state index in [0.717, 1.165) is 19.3 Å². The second-order valence-electron chi connectivity index (χ2n) is 4.83. The highest BCUT2D eigenvalue weighted by Crippen LogP contribution is 2.12. The summed E-state index contributed by atoms with van der Waals surface area (Å²) in [5, 5.41) is 11.7. The van der Waals surface area contributed by atoms with Crippen molar-refractivity contribution in [2.75, 3.05) is 6.61 Å². The van der Waals surface area contributed by atoms with Gasteiger partial charge in [0.25, 0.3) is 5.91 Å². The Morgan fingerprint density at radius 2 is 2.19 bits per heavy atom. The highest BCUT2D eigenvalue weighted by atomic mass is 19.1. The molecule has 1 atom stereocenters. The van der Waals surface area contributed by atoms with E-state index in [9.17, 15) is 9.18 Å². The molecule has 0 saturated heterocycles. The van der Waals surface area contributed by atoms with Crippen molar-refractivity contribution in [3.05, 3.63) is 35.1 Å². The van der Waals surface area contributed by atoms with Crippen molar-refractivity contribution in [2.45, 2.75) is 45.6 Å². The molecule has 0 aromatic heterocycles. The molecule has 1 aromatic rings. The lowest BCUT2D eigenvalue weighted by Crippen LogP contribution is -2.34. The van der Waals surface area contributed by atoms with E-state index in [1.54, 1.807) is 0 Å². The largest absolute Gasteiger partial charge is 0.395 e. The Bertz CT molecular complexity index is 531. The molecule has 0 heterocycles. The first-order chi connectivity index (χ1) is 10.1. The highest BCUT2D eigenvalue weighted by molar-refractivity contribution is 5.96. The van der Waals surface area contributed by atoms with E-state index in [0.29, 0.717) is 12.0 Å². The van der Waals surface area contributed by atoms with Crippen molar-refractivity contribution in [2.24, 2.45) is 0 Å². The molecular formula is C17H22FNO2. The van der Waals surface area contributed by atoms with E-state index in [4.69, 9.17) is 5.11 Å². The zero-order chi connectivity index (χ0) is 15.7. The fourth-order valence-electron chi connectivity index (χ4n) is 2.02. The van der Waals surface area contributed by atoms with E-state index in [2.05, 4.69) is 24.1 Å². The number of benzene rings is 1. The van der Waals surface area contributed by atoms with Crippen molar-refractivity contribution < 1.29 is 14.3 Å². The number of hydrogen-bond acceptors (Lipinski definition) is 2. The summed E-state index contributed by atoms with van der Waals surface area (Å²) in [6.45, 7) is 4.03. The van der Waals surface area contributed by atoms with Crippen LogP contribution in [-0.2, 0) is 0 Å². The second kappa shape index (κ2) is 9.15. The van der Waals surface area contributed by atoms with Gasteiger partial charge in [-0.05, 0) is 31.0 Å². The van der Waals surface area contributed by atoms with Crippen LogP contribution < -0.4 is 5.32 Å². The van der Waals surface area contributed by atoms with Crippen LogP contribution in [0.3, 0.4) is 0 Å². The van der Waals surface area contributed by atoms with E-state index in [1.165, 1.54) is 18.2 Å². The summed E-state index contributed by atoms with van der Waals surface area (Å²) in [6, 6.07) is 4.07. The molecule has 0 saturated carbocycles. The molecule has 0 aliphatic heterocycles. The lowest BCUT2D eigenvalue weighted by Gasteiger charge is -2.16. The number of amides is 1. The predicted octanol–water partition coefficient (Wildman–Crippen LogP) is 2.87. The van der Waals surface area contributed by atoms with Crippen LogP contribution in [0.4, 0.5) is 4.39 Å². The van der Waals surface area contributed by atoms with Gasteiger partial charge in [-0.25, -0.2) is 4.39 Å². The SMILES string of the molecule is CCCC(CC)NC(=O)c1cc(F)ccc1C#CCCO. The van der Waals surface area contributed by atoms with Crippen LogP contribution in [0, 0.1) is 17.7 Å². The van der Waals surface area contributed by atoms with E-state index < -0.39 is 5.82 Å². The number of carbonyl (C=O) groups excluding carboxylic acids is 1. The number of halogens is 1. The monoisotopic (exact) mass is 291 g/mol. The van der Waals surface area contributed by atoms with Crippen molar-refractivity contribution >= 4 is 5.91 Å². The zero-order valence-electron chi connectivity index (χ0n) is 12.6. The fraction of sp³-hybridized carbons (Fsp3) is 0.471. The Morgan fingerprint density at radius 1 is 1.43 bits per heavy atom. The number of hydrogen-bond donors (Lipinski definition) is 2. The van der Waals surface area contributed by atoms with Gasteiger partial charge in [-0.3, -0.25) is 4.79 Å². The van der Waals surface area contributed by atoms with Crippen LogP contribution in [0.25, 0.3) is 0 Å². The van der Waals surface area contributed by atoms with Gasteiger partial charge in [0.15, 0.2) is 0 Å². The van der Waals surface area contributed by atoms with Gasteiger partial charge in [0.2, 0.25) is 0 Å². The van der Waals surface area contributed by atoms with Gasteiger partial charge in [0, 0.05) is 18.0 Å². The first-order valence-electron chi connectivity index (χ1n) is 7.32. The molecule has 3 nitrogen and oxygen atoms in total. The van der Waals surface area contributed by atoms with Gasteiger partial charge < -0.3 is 10.4 Å². The quantitative estimate of drug-likeness (QED) is 0.792. The van der Waals surface area contributed by atoms with E-state index >= 15 is 0 Å². The maximum atomic E-state index is 13.4. The normalized spacial score (nSPS) is 11.4. The van der Waals surface area contributed by atoms with Crippen molar-refractivity contribution in [1.29, 1.82) is 0 Å². The molecule has 1 unspecified atom stereocenters. The fourth-order valence-corrected chi connectivity index (χ4v) is 2.02. The summed E-state index contributed by atoms with van der Waals surface area (Å²) in [7, 11) is 0. The zero-order valence-corrected chi connectivity index (χ0v) is 12.6. The van der Waals surface area contributed by atoms with Gasteiger partial charge in [-0.15, -0.1) is 0 Å². The molecule has 21 heavy (non-hydrogen) atoms. The van der Waals surface area contributed by atoms with Gasteiger partial charge in [-0.1, -0.05) is 32.1 Å². The molecule has 0 aliphatic rings. The van der Waals surface area contributed by atoms with Gasteiger partial charge in [-0.2, -0.15) is 0 Å². The lowest BCUT2D eigenvalue weighted by atomic mass is 10.0. The van der Waals surface area contributed by atoms with Gasteiger partial charge >= 0.3 is 0 Å². The van der Waals surface area contributed by atoms with Gasteiger partial charge in [0.1, 0.15) is 5.82 Å². The van der Waals surface area contributed by atoms with Crippen molar-refractivity contribution in [3.8, 4) is 11.8 Å². The first kappa shape index (κ1) is 17.2. The topological polar surface area (TPSA) is 49.3 Å². The highest BCUT2D eigenvalue weighted by Gasteiger charge is 2.15. The third kappa shape index (κ3) is 5.57. The molecule has 114 valence electrons. The van der Waals surface area contributed by atoms with E-state index in [-0.39, 0.29) is 24.1 Å². The molecule has 4 heteroatoms. The number of rotatable bonds is 6. The average Bonchev–Trinajstić information content (AvgIpc) is 2.48. The molecule has 1 aromatic carbocycles. The molecule has 1 rings (SSSR count). The number of aliphatic hydroxyl groups excluding tert-OH is 1. The number of carbonyl (C=O) groups is 1. The molecule has 0 aliphatic carbocycles. The number of aliphatic hydroxyl groups is 1. The van der Waals surface area contributed by atoms with Crippen LogP contribution in [0.5, 0.6) is 0 Å². The summed E-state index contributed by atoms with van der Waals surface area (Å²) in [6.07, 6.45) is 3.03. The standard InChI is InChI=1S/C17H22FNO2/c1-3-7-15(4-2)19-17(21)16-12-14(18)10-9-13(16)8-5-6-11-20/h9-10,12,15,20H,3-4,6-7,11H2,1-2H3,(H,19,21). The maximum absolute atomic E-state index is 13.4. The Morgan fingerprint density at radius 3 is 2.81 bits per heavy atom. The average molecular weight is 291 g/mol. The minimum atomic E-state index is -0.462. The Labute approximate surface area is 125 Å². The lowest BCUT2D eigenvalue weighted by molar-refractivity contribution is 0.0933. The molecule has 0 radical (unpaired) electrons. The summed E-state index contributed by atoms with van der Waals surface area (Å²) in [5.41, 5.74) is 0.726. The first-order valence-corrected chi connectivity index (χ1v) is 7.32. The molecule has 1 amide bonds. The van der Waals surface area contributed by atoms with Crippen LogP contribution in [0.2, 0.25) is 0 Å². The van der Waals surface area contributed by atoms with Crippen LogP contribution in [0.15, 0.2) is 18.2 Å². The summed E-state index contributed by atoms with van der Waals surface area (Å²) >= 11 is 0. The molecule has 2 N–H and O–H groups in total. The summed E-state index contributed by atoms with van der Waals surface area (Å²) in [5.74, 6) is 4.80. The summed E-state index contributed by atoms with van der Waals surface area (Å²) in [4.78, 5) is 12.3. The van der Waals surface area contributed by atoms with Crippen LogP contribution >= 0.6 is 0 Å². The maximum Gasteiger partial charge on any atom is 0.252 e. The van der Waals surface area contributed by atoms with Crippen molar-refractivity contribution in [3.63, 3.8) is 0 Å². The van der Waals surface area contributed by atoms with Gasteiger partial charge in [0.05, 0.1) is 12.2 Å². The molecule has 0 fully saturated rings. The van der Waals surface area contributed by atoms with E-state index in [1.807, 2.05) is 6.92 Å². The predicted molar refractivity (Wildman–Crippen MR) is 81.4 cm³/mol. The Hall–Kier alpha value is -1.86. The minimum absolute atomic E-state index is 0.0376. The van der Waals surface area contributed by atoms with Crippen molar-refractivity contribution in [1.82, 2.24) is 5.32 Å². The number of nitrogens with one attached hydrogen (secondary N) is 1. The minimum Gasteiger partial charge on any atom is -0.395 e. The molecule has 0 spiro atoms. The Balaban J connectivity index is 2.96. The third-order valence-corrected chi connectivity index (χ3v) is 3.15.